The highest BCUT2D eigenvalue weighted by atomic mass is 19.1. The topological polar surface area (TPSA) is 75.1 Å². The van der Waals surface area contributed by atoms with Crippen molar-refractivity contribution in [3.05, 3.63) is 71.1 Å². The third-order valence-electron chi connectivity index (χ3n) is 6.05. The van der Waals surface area contributed by atoms with Gasteiger partial charge in [0.05, 0.1) is 17.0 Å². The summed E-state index contributed by atoms with van der Waals surface area (Å²) >= 11 is 0. The van der Waals surface area contributed by atoms with Crippen LogP contribution >= 0.6 is 0 Å². The number of benzene rings is 1. The molecule has 1 aliphatic carbocycles. The zero-order valence-corrected chi connectivity index (χ0v) is 17.3. The third kappa shape index (κ3) is 3.73. The predicted octanol–water partition coefficient (Wildman–Crippen LogP) is 2.95. The van der Waals surface area contributed by atoms with E-state index < -0.39 is 0 Å². The summed E-state index contributed by atoms with van der Waals surface area (Å²) < 4.78 is 14.3. The Bertz CT molecular complexity index is 1110. The van der Waals surface area contributed by atoms with Crippen molar-refractivity contribution < 1.29 is 9.18 Å². The van der Waals surface area contributed by atoms with Crippen LogP contribution in [-0.2, 0) is 6.42 Å². The van der Waals surface area contributed by atoms with Crippen LogP contribution in [0.2, 0.25) is 0 Å². The zero-order valence-electron chi connectivity index (χ0n) is 17.3. The maximum absolute atomic E-state index is 14.3. The van der Waals surface area contributed by atoms with E-state index in [4.69, 9.17) is 4.98 Å². The van der Waals surface area contributed by atoms with Gasteiger partial charge < -0.3 is 9.80 Å². The maximum atomic E-state index is 14.3. The third-order valence-corrected chi connectivity index (χ3v) is 6.05. The summed E-state index contributed by atoms with van der Waals surface area (Å²) in [6.07, 6.45) is 4.31. The molecule has 5 rings (SSSR count). The fraction of sp³-hybridized carbons (Fsp3) is 0.348. The Morgan fingerprint density at radius 1 is 0.903 bits per heavy atom. The van der Waals surface area contributed by atoms with Crippen LogP contribution in [0.5, 0.6) is 0 Å². The lowest BCUT2D eigenvalue weighted by Gasteiger charge is -2.35. The van der Waals surface area contributed by atoms with Crippen LogP contribution in [-0.4, -0.2) is 51.9 Å². The largest absolute Gasteiger partial charge is 0.337 e. The molecule has 1 atom stereocenters. The minimum Gasteiger partial charge on any atom is -0.337 e. The van der Waals surface area contributed by atoms with Crippen molar-refractivity contribution in [1.82, 2.24) is 19.9 Å². The fourth-order valence-corrected chi connectivity index (χ4v) is 4.49. The number of hydrogen-bond donors (Lipinski definition) is 0. The fourth-order valence-electron chi connectivity index (χ4n) is 4.49. The summed E-state index contributed by atoms with van der Waals surface area (Å²) in [6.45, 7) is 4.86. The molecule has 3 aromatic rings. The van der Waals surface area contributed by atoms with Crippen LogP contribution in [0.15, 0.2) is 42.7 Å². The Hall–Kier alpha value is -3.42. The lowest BCUT2D eigenvalue weighted by atomic mass is 9.81. The van der Waals surface area contributed by atoms with Crippen molar-refractivity contribution in [3.63, 3.8) is 0 Å². The highest BCUT2D eigenvalue weighted by Crippen LogP contribution is 2.34. The van der Waals surface area contributed by atoms with Crippen molar-refractivity contribution in [2.45, 2.75) is 25.7 Å². The van der Waals surface area contributed by atoms with E-state index in [9.17, 15) is 9.18 Å². The van der Waals surface area contributed by atoms with Crippen LogP contribution in [0, 0.1) is 12.7 Å². The number of carbonyl (C=O) groups is 1. The number of aromatic nitrogens is 4. The highest BCUT2D eigenvalue weighted by molar-refractivity contribution is 5.99. The molecule has 3 heterocycles. The van der Waals surface area contributed by atoms with Gasteiger partial charge in [0.25, 0.3) is 0 Å². The summed E-state index contributed by atoms with van der Waals surface area (Å²) in [5.74, 6) is 0.879. The van der Waals surface area contributed by atoms with Gasteiger partial charge >= 0.3 is 0 Å². The van der Waals surface area contributed by atoms with Gasteiger partial charge in [0.2, 0.25) is 11.9 Å². The van der Waals surface area contributed by atoms with Crippen molar-refractivity contribution in [2.24, 2.45) is 0 Å². The van der Waals surface area contributed by atoms with Gasteiger partial charge in [-0.3, -0.25) is 4.79 Å². The molecule has 1 fully saturated rings. The minimum absolute atomic E-state index is 0.00963. The number of anilines is 2. The molecule has 0 saturated carbocycles. The Morgan fingerprint density at radius 2 is 1.58 bits per heavy atom. The minimum atomic E-state index is -0.269. The van der Waals surface area contributed by atoms with E-state index in [1.54, 1.807) is 30.6 Å². The normalized spacial score (nSPS) is 18.8. The summed E-state index contributed by atoms with van der Waals surface area (Å²) in [4.78, 5) is 35.2. The van der Waals surface area contributed by atoms with Crippen LogP contribution in [0.4, 0.5) is 16.3 Å². The summed E-state index contributed by atoms with van der Waals surface area (Å²) in [5.41, 5.74) is 2.61. The number of aryl methyl sites for hydroxylation is 1. The number of ketones is 1. The molecule has 2 aromatic heterocycles. The predicted molar refractivity (Wildman–Crippen MR) is 115 cm³/mol. The average molecular weight is 418 g/mol. The molecule has 0 bridgehead atoms. The molecule has 0 unspecified atom stereocenters. The van der Waals surface area contributed by atoms with Crippen LogP contribution in [0.3, 0.4) is 0 Å². The van der Waals surface area contributed by atoms with Crippen molar-refractivity contribution >= 4 is 17.7 Å². The first-order valence-electron chi connectivity index (χ1n) is 10.5. The Morgan fingerprint density at radius 3 is 2.29 bits per heavy atom. The Labute approximate surface area is 180 Å². The van der Waals surface area contributed by atoms with Crippen molar-refractivity contribution in [3.8, 4) is 0 Å². The molecule has 0 radical (unpaired) electrons. The number of piperazine rings is 1. The van der Waals surface area contributed by atoms with E-state index in [0.29, 0.717) is 29.2 Å². The smallest absolute Gasteiger partial charge is 0.225 e. The molecular formula is C23H23FN6O. The molecule has 8 heteroatoms. The quantitative estimate of drug-likeness (QED) is 0.647. The Balaban J connectivity index is 1.38. The monoisotopic (exact) mass is 418 g/mol. The van der Waals surface area contributed by atoms with E-state index in [1.165, 1.54) is 6.07 Å². The van der Waals surface area contributed by atoms with Gasteiger partial charge in [-0.1, -0.05) is 18.2 Å². The second kappa shape index (κ2) is 8.02. The average Bonchev–Trinajstić information content (AvgIpc) is 2.79. The standard InChI is InChI=1S/C23H23FN6O/c1-15-21-19(13-16(14-20(21)31)17-5-2-3-6-18(17)24)28-23(27-15)30-11-9-29(10-12-30)22-25-7-4-8-26-22/h2-8,16H,9-14H2,1H3/t16-/m1/s1. The first kappa shape index (κ1) is 19.5. The van der Waals surface area contributed by atoms with Crippen molar-refractivity contribution in [1.29, 1.82) is 0 Å². The first-order valence-corrected chi connectivity index (χ1v) is 10.5. The van der Waals surface area contributed by atoms with E-state index >= 15 is 0 Å². The van der Waals surface area contributed by atoms with E-state index in [-0.39, 0.29) is 23.9 Å². The molecule has 0 spiro atoms. The molecular weight excluding hydrogens is 395 g/mol. The van der Waals surface area contributed by atoms with Crippen LogP contribution < -0.4 is 9.80 Å². The van der Waals surface area contributed by atoms with Crippen LogP contribution in [0.25, 0.3) is 0 Å². The molecule has 0 N–H and O–H groups in total. The van der Waals surface area contributed by atoms with Crippen molar-refractivity contribution in [2.75, 3.05) is 36.0 Å². The second-order valence-electron chi connectivity index (χ2n) is 8.00. The second-order valence-corrected chi connectivity index (χ2v) is 8.00. The molecule has 1 aliphatic heterocycles. The molecule has 158 valence electrons. The molecule has 7 nitrogen and oxygen atoms in total. The van der Waals surface area contributed by atoms with Gasteiger partial charge in [-0.15, -0.1) is 0 Å². The summed E-state index contributed by atoms with van der Waals surface area (Å²) in [7, 11) is 0. The lowest BCUT2D eigenvalue weighted by molar-refractivity contribution is 0.0961. The van der Waals surface area contributed by atoms with Gasteiger partial charge in [-0.2, -0.15) is 0 Å². The van der Waals surface area contributed by atoms with Gasteiger partial charge in [-0.25, -0.2) is 24.3 Å². The SMILES string of the molecule is Cc1nc(N2CCN(c3ncccn3)CC2)nc2c1C(=O)C[C@H](c1ccccc1F)C2. The summed E-state index contributed by atoms with van der Waals surface area (Å²) in [5, 5.41) is 0. The molecule has 1 aromatic carbocycles. The van der Waals surface area contributed by atoms with Gasteiger partial charge in [-0.05, 0) is 37.0 Å². The number of Topliss-reactive ketones (excluding diaryl/α,β-unsaturated/α-hetero) is 1. The molecule has 0 amide bonds. The van der Waals surface area contributed by atoms with E-state index in [0.717, 1.165) is 37.8 Å². The molecule has 31 heavy (non-hydrogen) atoms. The maximum Gasteiger partial charge on any atom is 0.225 e. The van der Waals surface area contributed by atoms with Crippen LogP contribution in [0.1, 0.15) is 39.6 Å². The number of fused-ring (bicyclic) bond motifs is 1. The lowest BCUT2D eigenvalue weighted by Crippen LogP contribution is -2.48. The van der Waals surface area contributed by atoms with E-state index in [2.05, 4.69) is 24.8 Å². The van der Waals surface area contributed by atoms with Gasteiger partial charge in [0.15, 0.2) is 5.78 Å². The number of nitrogens with zero attached hydrogens (tertiary/aromatic N) is 6. The number of carbonyl (C=O) groups excluding carboxylic acids is 1. The number of halogens is 1. The van der Waals surface area contributed by atoms with Gasteiger partial charge in [0, 0.05) is 45.0 Å². The zero-order chi connectivity index (χ0) is 21.4. The number of rotatable bonds is 3. The first-order chi connectivity index (χ1) is 15.1. The van der Waals surface area contributed by atoms with Gasteiger partial charge in [0.1, 0.15) is 5.82 Å². The number of hydrogen-bond acceptors (Lipinski definition) is 7. The molecule has 1 saturated heterocycles. The highest BCUT2D eigenvalue weighted by Gasteiger charge is 2.32. The molecule has 2 aliphatic rings. The summed E-state index contributed by atoms with van der Waals surface area (Å²) in [6, 6.07) is 8.49. The Kier molecular flexibility index (Phi) is 5.05. The van der Waals surface area contributed by atoms with E-state index in [1.807, 2.05) is 13.0 Å².